The van der Waals surface area contributed by atoms with Gasteiger partial charge in [-0.25, -0.2) is 0 Å². The van der Waals surface area contributed by atoms with Crippen LogP contribution in [-0.2, 0) is 13.5 Å². The monoisotopic (exact) mass is 223 g/mol. The molecule has 2 unspecified atom stereocenters. The topological polar surface area (TPSA) is 55.6 Å². The van der Waals surface area contributed by atoms with Crippen molar-refractivity contribution in [2.45, 2.75) is 39.2 Å². The molecule has 1 aliphatic carbocycles. The second-order valence-corrected chi connectivity index (χ2v) is 4.76. The van der Waals surface area contributed by atoms with E-state index in [-0.39, 0.29) is 0 Å². The Kier molecular flexibility index (Phi) is 3.53. The number of aromatic nitrogens is 4. The summed E-state index contributed by atoms with van der Waals surface area (Å²) in [5.74, 6) is 2.46. The van der Waals surface area contributed by atoms with Gasteiger partial charge in [0.05, 0.1) is 7.05 Å². The number of hydrogen-bond acceptors (Lipinski definition) is 4. The van der Waals surface area contributed by atoms with Crippen molar-refractivity contribution in [3.8, 4) is 0 Å². The fraction of sp³-hybridized carbons (Fsp3) is 0.909. The van der Waals surface area contributed by atoms with Crippen molar-refractivity contribution in [2.75, 3.05) is 6.54 Å². The SMILES string of the molecule is CCNC(Cc1nnn(C)n1)C(C)C1CC1. The van der Waals surface area contributed by atoms with E-state index in [2.05, 4.69) is 34.6 Å². The molecule has 0 amide bonds. The normalized spacial score (nSPS) is 19.7. The van der Waals surface area contributed by atoms with Gasteiger partial charge in [-0.05, 0) is 36.4 Å². The van der Waals surface area contributed by atoms with E-state index in [1.807, 2.05) is 7.05 Å². The van der Waals surface area contributed by atoms with Crippen molar-refractivity contribution >= 4 is 0 Å². The summed E-state index contributed by atoms with van der Waals surface area (Å²) in [7, 11) is 1.81. The van der Waals surface area contributed by atoms with Crippen molar-refractivity contribution in [2.24, 2.45) is 18.9 Å². The summed E-state index contributed by atoms with van der Waals surface area (Å²) in [5.41, 5.74) is 0. The highest BCUT2D eigenvalue weighted by atomic mass is 15.6. The van der Waals surface area contributed by atoms with Crippen molar-refractivity contribution in [3.05, 3.63) is 5.82 Å². The third-order valence-electron chi connectivity index (χ3n) is 3.42. The first-order valence-electron chi connectivity index (χ1n) is 6.17. The third kappa shape index (κ3) is 2.78. The highest BCUT2D eigenvalue weighted by Crippen LogP contribution is 2.38. The van der Waals surface area contributed by atoms with E-state index in [9.17, 15) is 0 Å². The average Bonchev–Trinajstić information content (AvgIpc) is 3.02. The van der Waals surface area contributed by atoms with Crippen LogP contribution >= 0.6 is 0 Å². The Labute approximate surface area is 96.6 Å². The van der Waals surface area contributed by atoms with E-state index in [1.165, 1.54) is 17.6 Å². The maximum absolute atomic E-state index is 4.25. The molecule has 1 aliphatic rings. The molecule has 1 saturated carbocycles. The number of aryl methyl sites for hydroxylation is 1. The summed E-state index contributed by atoms with van der Waals surface area (Å²) in [6.07, 6.45) is 3.66. The van der Waals surface area contributed by atoms with Gasteiger partial charge in [0.15, 0.2) is 5.82 Å². The van der Waals surface area contributed by atoms with E-state index in [1.54, 1.807) is 0 Å². The lowest BCUT2D eigenvalue weighted by molar-refractivity contribution is 0.340. The van der Waals surface area contributed by atoms with Gasteiger partial charge >= 0.3 is 0 Å². The second-order valence-electron chi connectivity index (χ2n) is 4.76. The summed E-state index contributed by atoms with van der Waals surface area (Å²) in [4.78, 5) is 1.53. The molecule has 1 N–H and O–H groups in total. The van der Waals surface area contributed by atoms with Crippen LogP contribution in [0.5, 0.6) is 0 Å². The predicted molar refractivity (Wildman–Crippen MR) is 61.9 cm³/mol. The first-order valence-corrected chi connectivity index (χ1v) is 6.17. The van der Waals surface area contributed by atoms with Crippen LogP contribution < -0.4 is 5.32 Å². The molecule has 90 valence electrons. The van der Waals surface area contributed by atoms with E-state index in [0.717, 1.165) is 24.7 Å². The van der Waals surface area contributed by atoms with Crippen LogP contribution in [0.1, 0.15) is 32.5 Å². The number of nitrogens with one attached hydrogen (secondary N) is 1. The zero-order valence-corrected chi connectivity index (χ0v) is 10.3. The number of likely N-dealkylation sites (N-methyl/N-ethyl adjacent to an activating group) is 1. The molecule has 1 aromatic heterocycles. The summed E-state index contributed by atoms with van der Waals surface area (Å²) < 4.78 is 0. The lowest BCUT2D eigenvalue weighted by Crippen LogP contribution is -2.38. The van der Waals surface area contributed by atoms with Gasteiger partial charge in [-0.2, -0.15) is 4.80 Å². The molecule has 16 heavy (non-hydrogen) atoms. The van der Waals surface area contributed by atoms with Crippen LogP contribution in [0.3, 0.4) is 0 Å². The van der Waals surface area contributed by atoms with Gasteiger partial charge in [-0.3, -0.25) is 0 Å². The fourth-order valence-electron chi connectivity index (χ4n) is 2.26. The molecule has 1 fully saturated rings. The summed E-state index contributed by atoms with van der Waals surface area (Å²) in [5, 5.41) is 15.7. The zero-order valence-electron chi connectivity index (χ0n) is 10.3. The van der Waals surface area contributed by atoms with Crippen LogP contribution in [0, 0.1) is 11.8 Å². The van der Waals surface area contributed by atoms with E-state index >= 15 is 0 Å². The van der Waals surface area contributed by atoms with Gasteiger partial charge in [0, 0.05) is 12.5 Å². The molecule has 1 heterocycles. The van der Waals surface area contributed by atoms with Gasteiger partial charge in [-0.15, -0.1) is 10.2 Å². The fourth-order valence-corrected chi connectivity index (χ4v) is 2.26. The Morgan fingerprint density at radius 2 is 2.25 bits per heavy atom. The van der Waals surface area contributed by atoms with Crippen molar-refractivity contribution in [1.82, 2.24) is 25.5 Å². The first-order chi connectivity index (χ1) is 7.70. The Hall–Kier alpha value is -0.970. The maximum atomic E-state index is 4.25. The molecule has 0 aromatic carbocycles. The van der Waals surface area contributed by atoms with Crippen molar-refractivity contribution in [3.63, 3.8) is 0 Å². The minimum Gasteiger partial charge on any atom is -0.314 e. The minimum absolute atomic E-state index is 0.488. The highest BCUT2D eigenvalue weighted by Gasteiger charge is 2.33. The van der Waals surface area contributed by atoms with Crippen molar-refractivity contribution in [1.29, 1.82) is 0 Å². The molecule has 0 saturated heterocycles. The Morgan fingerprint density at radius 3 is 2.75 bits per heavy atom. The number of rotatable bonds is 6. The molecule has 5 heteroatoms. The molecule has 0 spiro atoms. The first kappa shape index (κ1) is 11.5. The number of nitrogens with zero attached hydrogens (tertiary/aromatic N) is 4. The Balaban J connectivity index is 1.95. The van der Waals surface area contributed by atoms with Crippen LogP contribution in [0.15, 0.2) is 0 Å². The molecular weight excluding hydrogens is 202 g/mol. The van der Waals surface area contributed by atoms with Crippen LogP contribution in [0.4, 0.5) is 0 Å². The van der Waals surface area contributed by atoms with Gasteiger partial charge in [0.1, 0.15) is 0 Å². The largest absolute Gasteiger partial charge is 0.314 e. The molecular formula is C11H21N5. The smallest absolute Gasteiger partial charge is 0.176 e. The van der Waals surface area contributed by atoms with E-state index in [4.69, 9.17) is 0 Å². The summed E-state index contributed by atoms with van der Waals surface area (Å²) in [6.45, 7) is 5.49. The lowest BCUT2D eigenvalue weighted by atomic mass is 9.94. The van der Waals surface area contributed by atoms with Crippen LogP contribution in [0.2, 0.25) is 0 Å². The highest BCUT2D eigenvalue weighted by molar-refractivity contribution is 4.92. The van der Waals surface area contributed by atoms with Crippen LogP contribution in [0.25, 0.3) is 0 Å². The average molecular weight is 223 g/mol. The lowest BCUT2D eigenvalue weighted by Gasteiger charge is -2.23. The zero-order chi connectivity index (χ0) is 11.5. The molecule has 1 aromatic rings. The summed E-state index contributed by atoms with van der Waals surface area (Å²) in [6, 6.07) is 0.488. The minimum atomic E-state index is 0.488. The second kappa shape index (κ2) is 4.91. The number of hydrogen-bond donors (Lipinski definition) is 1. The summed E-state index contributed by atoms with van der Waals surface area (Å²) >= 11 is 0. The van der Waals surface area contributed by atoms with E-state index in [0.29, 0.717) is 12.0 Å². The predicted octanol–water partition coefficient (Wildman–Crippen LogP) is 0.777. The third-order valence-corrected chi connectivity index (χ3v) is 3.42. The van der Waals surface area contributed by atoms with E-state index < -0.39 is 0 Å². The molecule has 0 aliphatic heterocycles. The van der Waals surface area contributed by atoms with Crippen molar-refractivity contribution < 1.29 is 0 Å². The molecule has 0 bridgehead atoms. The number of tetrazole rings is 1. The van der Waals surface area contributed by atoms with Gasteiger partial charge < -0.3 is 5.32 Å². The molecule has 2 atom stereocenters. The maximum Gasteiger partial charge on any atom is 0.176 e. The van der Waals surface area contributed by atoms with Gasteiger partial charge in [-0.1, -0.05) is 13.8 Å². The molecule has 5 nitrogen and oxygen atoms in total. The van der Waals surface area contributed by atoms with Gasteiger partial charge in [0.2, 0.25) is 0 Å². The molecule has 2 rings (SSSR count). The quantitative estimate of drug-likeness (QED) is 0.774. The van der Waals surface area contributed by atoms with Crippen LogP contribution in [-0.4, -0.2) is 32.8 Å². The Morgan fingerprint density at radius 1 is 1.50 bits per heavy atom. The standard InChI is InChI=1S/C11H21N5/c1-4-12-10(8(2)9-5-6-9)7-11-13-15-16(3)14-11/h8-10,12H,4-7H2,1-3H3. The van der Waals surface area contributed by atoms with Gasteiger partial charge in [0.25, 0.3) is 0 Å². The molecule has 0 radical (unpaired) electrons. The Bertz CT molecular complexity index is 331.